The predicted octanol–water partition coefficient (Wildman–Crippen LogP) is 3.95. The second kappa shape index (κ2) is 6.89. The molecule has 5 nitrogen and oxygen atoms in total. The molecule has 7 heteroatoms. The minimum absolute atomic E-state index is 0.174. The van der Waals surface area contributed by atoms with Crippen molar-refractivity contribution in [1.29, 1.82) is 0 Å². The van der Waals surface area contributed by atoms with Crippen molar-refractivity contribution in [3.63, 3.8) is 0 Å². The summed E-state index contributed by atoms with van der Waals surface area (Å²) >= 11 is 9.57. The van der Waals surface area contributed by atoms with Gasteiger partial charge in [-0.05, 0) is 23.3 Å². The third-order valence-electron chi connectivity index (χ3n) is 6.22. The van der Waals surface area contributed by atoms with E-state index in [0.29, 0.717) is 16.9 Å². The average molecular weight is 487 g/mol. The Bertz CT molecular complexity index is 1130. The van der Waals surface area contributed by atoms with Gasteiger partial charge in [0.25, 0.3) is 0 Å². The number of hydrogen-bond acceptors (Lipinski definition) is 5. The largest absolute Gasteiger partial charge is 0.476 e. The van der Waals surface area contributed by atoms with Gasteiger partial charge in [-0.25, -0.2) is 0 Å². The molecule has 152 valence electrons. The van der Waals surface area contributed by atoms with Crippen molar-refractivity contribution in [3.8, 4) is 5.75 Å². The van der Waals surface area contributed by atoms with Gasteiger partial charge in [-0.15, -0.1) is 0 Å². The van der Waals surface area contributed by atoms with Crippen molar-refractivity contribution >= 4 is 33.8 Å². The Labute approximate surface area is 186 Å². The van der Waals surface area contributed by atoms with Crippen LogP contribution in [0.4, 0.5) is 0 Å². The summed E-state index contributed by atoms with van der Waals surface area (Å²) in [5, 5.41) is 23.7. The van der Waals surface area contributed by atoms with Gasteiger partial charge in [0.05, 0.1) is 10.9 Å². The molecule has 5 atom stereocenters. The first-order valence-corrected chi connectivity index (χ1v) is 10.6. The predicted molar refractivity (Wildman–Crippen MR) is 114 cm³/mol. The van der Waals surface area contributed by atoms with E-state index < -0.39 is 29.1 Å². The molecule has 1 aliphatic heterocycles. The van der Waals surface area contributed by atoms with Crippen LogP contribution in [0.1, 0.15) is 22.7 Å². The van der Waals surface area contributed by atoms with Crippen molar-refractivity contribution in [3.05, 3.63) is 93.2 Å². The van der Waals surface area contributed by atoms with Gasteiger partial charge in [-0.1, -0.05) is 70.0 Å². The van der Waals surface area contributed by atoms with Crippen molar-refractivity contribution in [2.45, 2.75) is 23.2 Å². The number of benzene rings is 2. The van der Waals surface area contributed by atoms with Gasteiger partial charge in [0.15, 0.2) is 11.2 Å². The molecule has 2 aromatic carbocycles. The molecule has 2 aliphatic rings. The van der Waals surface area contributed by atoms with Crippen LogP contribution in [0.25, 0.3) is 0 Å². The molecule has 1 aliphatic carbocycles. The maximum Gasteiger partial charge on any atom is 0.181 e. The molecule has 3 aromatic rings. The zero-order valence-corrected chi connectivity index (χ0v) is 17.9. The summed E-state index contributed by atoms with van der Waals surface area (Å²) in [6.07, 6.45) is 0.662. The van der Waals surface area contributed by atoms with Crippen LogP contribution in [0.2, 0.25) is 5.02 Å². The summed E-state index contributed by atoms with van der Waals surface area (Å²) in [7, 11) is 0. The van der Waals surface area contributed by atoms with Crippen LogP contribution in [0.5, 0.6) is 5.75 Å². The van der Waals surface area contributed by atoms with Crippen molar-refractivity contribution in [2.75, 3.05) is 0 Å². The van der Waals surface area contributed by atoms with Crippen molar-refractivity contribution in [1.82, 2.24) is 4.98 Å². The number of ether oxygens (including phenoxy) is 1. The SMILES string of the molecule is O=C[C@H]1[C@@H](O)[C@@]2(O)c3ncc(Cl)cc3O[C@@]2(c2ccc(Br)cc2)[C@@H]1c1ccccc1. The van der Waals surface area contributed by atoms with Crippen LogP contribution in [0, 0.1) is 5.92 Å². The average Bonchev–Trinajstić information content (AvgIpc) is 3.12. The van der Waals surface area contributed by atoms with Crippen molar-refractivity contribution < 1.29 is 19.7 Å². The fourth-order valence-corrected chi connectivity index (χ4v) is 5.44. The molecule has 30 heavy (non-hydrogen) atoms. The molecular formula is C23H17BrClNO4. The lowest BCUT2D eigenvalue weighted by Gasteiger charge is -2.40. The van der Waals surface area contributed by atoms with Crippen LogP contribution in [0.3, 0.4) is 0 Å². The fourth-order valence-electron chi connectivity index (χ4n) is 5.03. The van der Waals surface area contributed by atoms with Gasteiger partial charge < -0.3 is 19.7 Å². The highest BCUT2D eigenvalue weighted by Gasteiger charge is 2.76. The number of aromatic nitrogens is 1. The molecule has 1 fully saturated rings. The molecule has 1 aromatic heterocycles. The van der Waals surface area contributed by atoms with E-state index in [1.165, 1.54) is 6.20 Å². The van der Waals surface area contributed by atoms with Crippen LogP contribution < -0.4 is 4.74 Å². The first-order valence-electron chi connectivity index (χ1n) is 9.45. The zero-order chi connectivity index (χ0) is 21.1. The number of aliphatic hydroxyl groups excluding tert-OH is 1. The summed E-state index contributed by atoms with van der Waals surface area (Å²) in [5.74, 6) is -1.28. The molecule has 2 heterocycles. The van der Waals surface area contributed by atoms with E-state index in [-0.39, 0.29) is 11.4 Å². The Hall–Kier alpha value is -2.25. The highest BCUT2D eigenvalue weighted by molar-refractivity contribution is 9.10. The molecule has 0 bridgehead atoms. The number of pyridine rings is 1. The Morgan fingerprint density at radius 2 is 1.83 bits per heavy atom. The Morgan fingerprint density at radius 3 is 2.50 bits per heavy atom. The zero-order valence-electron chi connectivity index (χ0n) is 15.6. The van der Waals surface area contributed by atoms with E-state index in [0.717, 1.165) is 10.0 Å². The Balaban J connectivity index is 1.86. The smallest absolute Gasteiger partial charge is 0.181 e. The molecule has 0 saturated heterocycles. The quantitative estimate of drug-likeness (QED) is 0.548. The summed E-state index contributed by atoms with van der Waals surface area (Å²) in [5.41, 5.74) is -1.86. The van der Waals surface area contributed by atoms with Gasteiger partial charge in [0.2, 0.25) is 0 Å². The minimum Gasteiger partial charge on any atom is -0.476 e. The lowest BCUT2D eigenvalue weighted by molar-refractivity contribution is -0.153. The fraction of sp³-hybridized carbons (Fsp3) is 0.217. The van der Waals surface area contributed by atoms with E-state index in [4.69, 9.17) is 16.3 Å². The van der Waals surface area contributed by atoms with E-state index >= 15 is 0 Å². The molecular weight excluding hydrogens is 470 g/mol. The number of halogens is 2. The van der Waals surface area contributed by atoms with Crippen LogP contribution in [0.15, 0.2) is 71.3 Å². The number of hydrogen-bond donors (Lipinski definition) is 2. The molecule has 0 radical (unpaired) electrons. The van der Waals surface area contributed by atoms with E-state index in [2.05, 4.69) is 20.9 Å². The topological polar surface area (TPSA) is 79.7 Å². The Morgan fingerprint density at radius 1 is 1.13 bits per heavy atom. The summed E-state index contributed by atoms with van der Waals surface area (Å²) in [6.45, 7) is 0. The monoisotopic (exact) mass is 485 g/mol. The molecule has 5 rings (SSSR count). The van der Waals surface area contributed by atoms with Gasteiger partial charge in [-0.3, -0.25) is 4.98 Å². The second-order valence-electron chi connectivity index (χ2n) is 7.66. The number of nitrogens with zero attached hydrogens (tertiary/aromatic N) is 1. The van der Waals surface area contributed by atoms with E-state index in [1.54, 1.807) is 6.07 Å². The number of aldehydes is 1. The maximum absolute atomic E-state index is 12.2. The summed E-state index contributed by atoms with van der Waals surface area (Å²) in [4.78, 5) is 16.5. The number of aliphatic hydroxyl groups is 2. The third-order valence-corrected chi connectivity index (χ3v) is 6.96. The normalized spacial score (nSPS) is 31.7. The number of fused-ring (bicyclic) bond motifs is 3. The van der Waals surface area contributed by atoms with Gasteiger partial charge in [0, 0.05) is 22.7 Å². The van der Waals surface area contributed by atoms with Crippen LogP contribution >= 0.6 is 27.5 Å². The first kappa shape index (κ1) is 19.7. The van der Waals surface area contributed by atoms with Crippen molar-refractivity contribution in [2.24, 2.45) is 5.92 Å². The highest BCUT2D eigenvalue weighted by atomic mass is 79.9. The standard InChI is InChI=1S/C23H17BrClNO4/c24-15-8-6-14(7-9-15)23-19(13-4-2-1-3-5-13)17(12-27)21(28)22(23,29)20-18(30-23)10-16(25)11-26-20/h1-12,17,19,21,28-29H/t17-,19-,21-,22+,23+/m1/s1. The second-order valence-corrected chi connectivity index (χ2v) is 9.01. The molecule has 2 N–H and O–H groups in total. The first-order chi connectivity index (χ1) is 14.4. The van der Waals surface area contributed by atoms with Gasteiger partial charge in [-0.2, -0.15) is 0 Å². The summed E-state index contributed by atoms with van der Waals surface area (Å²) in [6, 6.07) is 18.2. The van der Waals surface area contributed by atoms with Crippen LogP contribution in [-0.4, -0.2) is 27.6 Å². The van der Waals surface area contributed by atoms with E-state index in [9.17, 15) is 15.0 Å². The number of carbonyl (C=O) groups excluding carboxylic acids is 1. The van der Waals surface area contributed by atoms with E-state index in [1.807, 2.05) is 54.6 Å². The lowest BCUT2D eigenvalue weighted by Crippen LogP contribution is -2.52. The molecule has 0 spiro atoms. The number of carbonyl (C=O) groups is 1. The summed E-state index contributed by atoms with van der Waals surface area (Å²) < 4.78 is 7.32. The molecule has 0 amide bonds. The number of rotatable bonds is 3. The highest BCUT2D eigenvalue weighted by Crippen LogP contribution is 2.67. The van der Waals surface area contributed by atoms with Gasteiger partial charge >= 0.3 is 0 Å². The minimum atomic E-state index is -1.95. The lowest BCUT2D eigenvalue weighted by atomic mass is 9.71. The van der Waals surface area contributed by atoms with Crippen LogP contribution in [-0.2, 0) is 16.0 Å². The molecule has 1 saturated carbocycles. The van der Waals surface area contributed by atoms with Gasteiger partial charge in [0.1, 0.15) is 23.8 Å². The maximum atomic E-state index is 12.2. The molecule has 0 unspecified atom stereocenters. The third kappa shape index (κ3) is 2.42. The Kier molecular flexibility index (Phi) is 4.52.